The van der Waals surface area contributed by atoms with Crippen LogP contribution in [-0.2, 0) is 17.6 Å². The molecule has 2 heterocycles. The van der Waals surface area contributed by atoms with Crippen LogP contribution in [0.5, 0.6) is 46.0 Å². The molecule has 8 rings (SSSR count). The van der Waals surface area contributed by atoms with Gasteiger partial charge in [-0.3, -0.25) is 40.5 Å². The van der Waals surface area contributed by atoms with E-state index in [-0.39, 0.29) is 35.6 Å². The molecule has 0 saturated carbocycles. The highest BCUT2D eigenvalue weighted by Crippen LogP contribution is 2.39. The summed E-state index contributed by atoms with van der Waals surface area (Å²) in [5.74, 6) is 3.32. The summed E-state index contributed by atoms with van der Waals surface area (Å²) in [5.41, 5.74) is 0.783. The monoisotopic (exact) mass is 906 g/mol. The van der Waals surface area contributed by atoms with E-state index in [1.165, 1.54) is 110 Å². The highest BCUT2D eigenvalue weighted by molar-refractivity contribution is 5.48. The predicted molar refractivity (Wildman–Crippen MR) is 237 cm³/mol. The van der Waals surface area contributed by atoms with Crippen LogP contribution in [0.15, 0.2) is 179 Å². The predicted octanol–water partition coefficient (Wildman–Crippen LogP) is 13.0. The van der Waals surface area contributed by atoms with Crippen LogP contribution in [0.3, 0.4) is 0 Å². The van der Waals surface area contributed by atoms with Crippen molar-refractivity contribution in [3.63, 3.8) is 0 Å². The molecule has 0 aliphatic heterocycles. The summed E-state index contributed by atoms with van der Waals surface area (Å²) in [6, 6.07) is 39.2. The van der Waals surface area contributed by atoms with E-state index in [2.05, 4.69) is 0 Å². The highest BCUT2D eigenvalue weighted by Gasteiger charge is 2.26. The Balaban J connectivity index is 1.12. The number of nitro benzene ring substituents is 4. The van der Waals surface area contributed by atoms with Crippen LogP contribution in [0.4, 0.5) is 22.7 Å². The lowest BCUT2D eigenvalue weighted by molar-refractivity contribution is -0.385. The Hall–Kier alpha value is -9.36. The Morgan fingerprint density at radius 3 is 0.866 bits per heavy atom. The van der Waals surface area contributed by atoms with Crippen molar-refractivity contribution in [2.24, 2.45) is 0 Å². The molecule has 0 bridgehead atoms. The molecule has 6 aromatic carbocycles. The van der Waals surface area contributed by atoms with Crippen LogP contribution >= 0.6 is 0 Å². The second kappa shape index (κ2) is 20.0. The topological polar surface area (TPSA) is 245 Å². The molecule has 2 aromatic heterocycles. The molecule has 0 radical (unpaired) electrons. The molecule has 0 aliphatic carbocycles. The van der Waals surface area contributed by atoms with Gasteiger partial charge in [0, 0.05) is 73.5 Å². The van der Waals surface area contributed by atoms with Gasteiger partial charge in [0.1, 0.15) is 69.7 Å². The molecule has 0 fully saturated rings. The number of hydrogen-bond donors (Lipinski definition) is 0. The lowest BCUT2D eigenvalue weighted by Gasteiger charge is -2.24. The summed E-state index contributed by atoms with van der Waals surface area (Å²) in [7, 11) is 0. The number of non-ortho nitro benzene ring substituents is 4. The van der Waals surface area contributed by atoms with Crippen LogP contribution in [-0.4, -0.2) is 19.7 Å². The van der Waals surface area contributed by atoms with E-state index < -0.39 is 31.9 Å². The van der Waals surface area contributed by atoms with Gasteiger partial charge in [-0.05, 0) is 108 Å². The molecule has 8 aromatic rings. The average Bonchev–Trinajstić information content (AvgIpc) is 4.06. The molecule has 0 aliphatic rings. The van der Waals surface area contributed by atoms with Gasteiger partial charge in [0.2, 0.25) is 0 Å². The fourth-order valence-corrected chi connectivity index (χ4v) is 6.83. The van der Waals surface area contributed by atoms with Gasteiger partial charge in [-0.25, -0.2) is 0 Å². The number of ether oxygens (including phenoxy) is 5. The first-order valence-corrected chi connectivity index (χ1v) is 20.1. The zero-order chi connectivity index (χ0) is 46.9. The van der Waals surface area contributed by atoms with Crippen molar-refractivity contribution in [2.75, 3.05) is 0 Å². The van der Waals surface area contributed by atoms with Crippen molar-refractivity contribution in [1.29, 1.82) is 0 Å². The Kier molecular flexibility index (Phi) is 13.2. The van der Waals surface area contributed by atoms with Crippen LogP contribution < -0.4 is 18.9 Å². The number of benzene rings is 6. The summed E-state index contributed by atoms with van der Waals surface area (Å²) in [6.45, 7) is 0. The van der Waals surface area contributed by atoms with Crippen LogP contribution in [0, 0.1) is 40.5 Å². The van der Waals surface area contributed by atoms with E-state index in [0.29, 0.717) is 68.6 Å². The van der Waals surface area contributed by atoms with Crippen LogP contribution in [0.2, 0.25) is 0 Å². The Labute approximate surface area is 378 Å². The number of rotatable bonds is 20. The Bertz CT molecular complexity index is 2640. The summed E-state index contributed by atoms with van der Waals surface area (Å²) in [5, 5.41) is 45.2. The molecule has 336 valence electrons. The van der Waals surface area contributed by atoms with E-state index in [4.69, 9.17) is 32.5 Å². The first-order valence-electron chi connectivity index (χ1n) is 20.1. The minimum atomic E-state index is -0.790. The maximum absolute atomic E-state index is 11.3. The van der Waals surface area contributed by atoms with Crippen molar-refractivity contribution in [1.82, 2.24) is 0 Å². The fourth-order valence-electron chi connectivity index (χ4n) is 6.83. The normalized spacial score (nSPS) is 11.8. The summed E-state index contributed by atoms with van der Waals surface area (Å²) in [4.78, 5) is 43.1. The number of nitro groups is 4. The molecular formula is C48H34N4O15. The van der Waals surface area contributed by atoms with Gasteiger partial charge >= 0.3 is 0 Å². The summed E-state index contributed by atoms with van der Waals surface area (Å²) in [6.07, 6.45) is 1.76. The van der Waals surface area contributed by atoms with Crippen molar-refractivity contribution in [3.8, 4) is 46.0 Å². The highest BCUT2D eigenvalue weighted by atomic mass is 16.6. The van der Waals surface area contributed by atoms with E-state index in [1.54, 1.807) is 60.7 Å². The van der Waals surface area contributed by atoms with Crippen molar-refractivity contribution < 1.29 is 52.2 Å². The zero-order valence-corrected chi connectivity index (χ0v) is 34.6. The Morgan fingerprint density at radius 2 is 0.642 bits per heavy atom. The smallest absolute Gasteiger partial charge is 0.269 e. The quantitative estimate of drug-likeness (QED) is 0.0509. The van der Waals surface area contributed by atoms with Crippen molar-refractivity contribution in [3.05, 3.63) is 233 Å². The molecule has 19 heteroatoms. The summed E-state index contributed by atoms with van der Waals surface area (Å²) >= 11 is 0. The van der Waals surface area contributed by atoms with Crippen molar-refractivity contribution >= 4 is 22.7 Å². The SMILES string of the molecule is O=[N+]([O-])c1ccc(Oc2cc(CC(OC(Cc3cc(Oc4ccc([N+](=O)[O-])cc4)cc(Oc4ccc([N+](=O)[O-])cc4)c3)c3ccco3)c3ccco3)cc(Oc3ccc([N+](=O)[O-])cc3)c2)cc1. The molecule has 0 spiro atoms. The van der Waals surface area contributed by atoms with Crippen LogP contribution in [0.25, 0.3) is 0 Å². The number of nitrogens with zero attached hydrogens (tertiary/aromatic N) is 4. The van der Waals surface area contributed by atoms with Gasteiger partial charge in [0.05, 0.1) is 32.2 Å². The number of furan rings is 2. The maximum Gasteiger partial charge on any atom is 0.269 e. The molecule has 0 N–H and O–H groups in total. The third-order valence-electron chi connectivity index (χ3n) is 9.90. The minimum absolute atomic E-state index is 0.121. The fraction of sp³-hybridized carbons (Fsp3) is 0.0833. The summed E-state index contributed by atoms with van der Waals surface area (Å²) < 4.78 is 43.4. The first kappa shape index (κ1) is 44.3. The number of hydrogen-bond acceptors (Lipinski definition) is 15. The lowest BCUT2D eigenvalue weighted by Crippen LogP contribution is -2.14. The second-order valence-electron chi connectivity index (χ2n) is 14.6. The van der Waals surface area contributed by atoms with E-state index in [1.807, 2.05) is 0 Å². The standard InChI is InChI=1S/C48H34N4O15/c53-49(54)33-5-13-37(14-6-33)63-41-23-31(24-42(29-41)64-38-15-7-34(8-16-38)50(55)56)27-47(45-3-1-21-61-45)67-48(46-4-2-22-62-46)28-32-25-43(65-39-17-9-35(10-18-39)51(57)58)30-44(26-32)66-40-19-11-36(12-20-40)52(59)60/h1-26,29-30,47-48H,27-28H2. The molecule has 19 nitrogen and oxygen atoms in total. The van der Waals surface area contributed by atoms with E-state index in [9.17, 15) is 40.5 Å². The molecule has 0 saturated heterocycles. The average molecular weight is 907 g/mol. The third-order valence-corrected chi connectivity index (χ3v) is 9.90. The van der Waals surface area contributed by atoms with Gasteiger partial charge in [-0.15, -0.1) is 0 Å². The van der Waals surface area contributed by atoms with E-state index >= 15 is 0 Å². The van der Waals surface area contributed by atoms with Gasteiger partial charge in [0.15, 0.2) is 0 Å². The van der Waals surface area contributed by atoms with Crippen LogP contribution in [0.1, 0.15) is 34.9 Å². The maximum atomic E-state index is 11.3. The molecule has 2 unspecified atom stereocenters. The molecule has 2 atom stereocenters. The molecule has 67 heavy (non-hydrogen) atoms. The van der Waals surface area contributed by atoms with Gasteiger partial charge in [-0.1, -0.05) is 0 Å². The molecule has 0 amide bonds. The Morgan fingerprint density at radius 1 is 0.373 bits per heavy atom. The molecular weight excluding hydrogens is 873 g/mol. The van der Waals surface area contributed by atoms with Gasteiger partial charge in [-0.2, -0.15) is 0 Å². The van der Waals surface area contributed by atoms with Gasteiger partial charge in [0.25, 0.3) is 22.7 Å². The lowest BCUT2D eigenvalue weighted by atomic mass is 10.0. The van der Waals surface area contributed by atoms with E-state index in [0.717, 1.165) is 0 Å². The zero-order valence-electron chi connectivity index (χ0n) is 34.6. The largest absolute Gasteiger partial charge is 0.467 e. The van der Waals surface area contributed by atoms with Gasteiger partial charge < -0.3 is 32.5 Å². The van der Waals surface area contributed by atoms with Crippen molar-refractivity contribution in [2.45, 2.75) is 25.0 Å². The third kappa shape index (κ3) is 11.6. The second-order valence-corrected chi connectivity index (χ2v) is 14.6. The minimum Gasteiger partial charge on any atom is -0.467 e. The first-order chi connectivity index (χ1) is 32.4.